The van der Waals surface area contributed by atoms with E-state index >= 15 is 0 Å². The van der Waals surface area contributed by atoms with Gasteiger partial charge in [-0.05, 0) is 47.1 Å². The molecular formula is C20H17BrN4O2S. The summed E-state index contributed by atoms with van der Waals surface area (Å²) in [7, 11) is 0. The van der Waals surface area contributed by atoms with Gasteiger partial charge in [0.2, 0.25) is 11.0 Å². The third-order valence-corrected chi connectivity index (χ3v) is 6.29. The van der Waals surface area contributed by atoms with Crippen molar-refractivity contribution < 1.29 is 9.59 Å². The first kappa shape index (κ1) is 18.8. The Morgan fingerprint density at radius 3 is 2.68 bits per heavy atom. The smallest absolute Gasteiger partial charge is 0.258 e. The van der Waals surface area contributed by atoms with Gasteiger partial charge < -0.3 is 4.90 Å². The highest BCUT2D eigenvalue weighted by Gasteiger charge is 2.34. The Morgan fingerprint density at radius 2 is 1.93 bits per heavy atom. The predicted octanol–water partition coefficient (Wildman–Crippen LogP) is 4.38. The second-order valence-electron chi connectivity index (χ2n) is 6.62. The summed E-state index contributed by atoms with van der Waals surface area (Å²) < 4.78 is 0.715. The van der Waals surface area contributed by atoms with Crippen molar-refractivity contribution >= 4 is 49.9 Å². The maximum absolute atomic E-state index is 12.5. The number of aromatic nitrogens is 2. The standard InChI is InChI=1S/C20H17BrN4O2S/c1-12-6-8-14(9-7-12)25-11-13(10-17(25)26)19-23-24-20(28-19)22-18(27)15-4-2-3-5-16(15)21/h2-9,13H,10-11H2,1H3,(H,22,24,27). The van der Waals surface area contributed by atoms with E-state index in [0.29, 0.717) is 28.1 Å². The van der Waals surface area contributed by atoms with Crippen LogP contribution in [0.5, 0.6) is 0 Å². The molecule has 1 atom stereocenters. The van der Waals surface area contributed by atoms with Gasteiger partial charge in [-0.1, -0.05) is 41.2 Å². The molecule has 2 heterocycles. The molecule has 2 aromatic carbocycles. The lowest BCUT2D eigenvalue weighted by molar-refractivity contribution is -0.117. The molecule has 28 heavy (non-hydrogen) atoms. The number of halogens is 1. The van der Waals surface area contributed by atoms with Gasteiger partial charge in [0.25, 0.3) is 5.91 Å². The van der Waals surface area contributed by atoms with Crippen LogP contribution in [0.4, 0.5) is 10.8 Å². The minimum absolute atomic E-state index is 0.0274. The van der Waals surface area contributed by atoms with Gasteiger partial charge in [-0.2, -0.15) is 0 Å². The van der Waals surface area contributed by atoms with E-state index in [1.807, 2.05) is 43.3 Å². The summed E-state index contributed by atoms with van der Waals surface area (Å²) >= 11 is 4.68. The van der Waals surface area contributed by atoms with E-state index < -0.39 is 0 Å². The van der Waals surface area contributed by atoms with Crippen LogP contribution in [0.3, 0.4) is 0 Å². The molecule has 1 aliphatic heterocycles. The summed E-state index contributed by atoms with van der Waals surface area (Å²) in [4.78, 5) is 26.7. The summed E-state index contributed by atoms with van der Waals surface area (Å²) in [5, 5.41) is 12.3. The molecule has 1 fully saturated rings. The normalized spacial score (nSPS) is 16.4. The molecule has 0 bridgehead atoms. The van der Waals surface area contributed by atoms with E-state index in [0.717, 1.165) is 16.3 Å². The number of anilines is 2. The van der Waals surface area contributed by atoms with Crippen LogP contribution in [0.2, 0.25) is 0 Å². The topological polar surface area (TPSA) is 75.2 Å². The number of amides is 2. The van der Waals surface area contributed by atoms with Crippen molar-refractivity contribution in [2.75, 3.05) is 16.8 Å². The van der Waals surface area contributed by atoms with Crippen LogP contribution < -0.4 is 10.2 Å². The molecule has 1 aliphatic rings. The summed E-state index contributed by atoms with van der Waals surface area (Å²) in [5.74, 6) is -0.206. The van der Waals surface area contributed by atoms with Crippen LogP contribution in [0.25, 0.3) is 0 Å². The Kier molecular flexibility index (Phi) is 5.23. The summed E-state index contributed by atoms with van der Waals surface area (Å²) in [6, 6.07) is 15.1. The number of hydrogen-bond donors (Lipinski definition) is 1. The van der Waals surface area contributed by atoms with Crippen molar-refractivity contribution in [3.8, 4) is 0 Å². The molecule has 6 nitrogen and oxygen atoms in total. The number of nitrogens with one attached hydrogen (secondary N) is 1. The zero-order valence-corrected chi connectivity index (χ0v) is 17.5. The van der Waals surface area contributed by atoms with Crippen LogP contribution in [-0.4, -0.2) is 28.6 Å². The van der Waals surface area contributed by atoms with Crippen LogP contribution in [0.15, 0.2) is 53.0 Å². The van der Waals surface area contributed by atoms with Crippen molar-refractivity contribution in [3.05, 3.63) is 69.1 Å². The Morgan fingerprint density at radius 1 is 1.18 bits per heavy atom. The fraction of sp³-hybridized carbons (Fsp3) is 0.200. The summed E-state index contributed by atoms with van der Waals surface area (Å²) in [6.45, 7) is 2.58. The molecule has 4 rings (SSSR count). The van der Waals surface area contributed by atoms with Crippen molar-refractivity contribution in [1.29, 1.82) is 0 Å². The van der Waals surface area contributed by atoms with Gasteiger partial charge in [-0.15, -0.1) is 10.2 Å². The maximum Gasteiger partial charge on any atom is 0.258 e. The largest absolute Gasteiger partial charge is 0.312 e. The van der Waals surface area contributed by atoms with Gasteiger partial charge in [-0.3, -0.25) is 14.9 Å². The number of carbonyl (C=O) groups excluding carboxylic acids is 2. The molecule has 0 spiro atoms. The number of nitrogens with zero attached hydrogens (tertiary/aromatic N) is 3. The molecule has 0 saturated carbocycles. The summed E-state index contributed by atoms with van der Waals surface area (Å²) in [5.41, 5.74) is 2.58. The molecular weight excluding hydrogens is 440 g/mol. The van der Waals surface area contributed by atoms with Gasteiger partial charge in [0.1, 0.15) is 5.01 Å². The first-order valence-electron chi connectivity index (χ1n) is 8.77. The van der Waals surface area contributed by atoms with E-state index in [1.165, 1.54) is 11.3 Å². The van der Waals surface area contributed by atoms with Crippen LogP contribution in [0.1, 0.15) is 33.3 Å². The molecule has 1 N–H and O–H groups in total. The Bertz CT molecular complexity index is 1030. The fourth-order valence-corrected chi connectivity index (χ4v) is 4.40. The monoisotopic (exact) mass is 456 g/mol. The average molecular weight is 457 g/mol. The summed E-state index contributed by atoms with van der Waals surface area (Å²) in [6.07, 6.45) is 0.390. The van der Waals surface area contributed by atoms with Gasteiger partial charge in [0.05, 0.1) is 5.56 Å². The highest BCUT2D eigenvalue weighted by molar-refractivity contribution is 9.10. The molecule has 2 amide bonds. The lowest BCUT2D eigenvalue weighted by atomic mass is 10.1. The van der Waals surface area contributed by atoms with Crippen LogP contribution >= 0.6 is 27.3 Å². The van der Waals surface area contributed by atoms with E-state index in [1.54, 1.807) is 17.0 Å². The number of benzene rings is 2. The molecule has 1 unspecified atom stereocenters. The van der Waals surface area contributed by atoms with Crippen molar-refractivity contribution in [1.82, 2.24) is 10.2 Å². The highest BCUT2D eigenvalue weighted by atomic mass is 79.9. The number of rotatable bonds is 4. The van der Waals surface area contributed by atoms with Gasteiger partial charge >= 0.3 is 0 Å². The minimum Gasteiger partial charge on any atom is -0.312 e. The van der Waals surface area contributed by atoms with E-state index in [9.17, 15) is 9.59 Å². The lowest BCUT2D eigenvalue weighted by Crippen LogP contribution is -2.24. The quantitative estimate of drug-likeness (QED) is 0.631. The highest BCUT2D eigenvalue weighted by Crippen LogP contribution is 2.34. The fourth-order valence-electron chi connectivity index (χ4n) is 3.11. The Balaban J connectivity index is 1.46. The SMILES string of the molecule is Cc1ccc(N2CC(c3nnc(NC(=O)c4ccccc4Br)s3)CC2=O)cc1. The van der Waals surface area contributed by atoms with Gasteiger partial charge in [0, 0.05) is 29.0 Å². The van der Waals surface area contributed by atoms with Gasteiger partial charge in [0.15, 0.2) is 0 Å². The Labute approximate surface area is 174 Å². The third kappa shape index (κ3) is 3.83. The first-order chi connectivity index (χ1) is 13.5. The lowest BCUT2D eigenvalue weighted by Gasteiger charge is -2.16. The molecule has 1 saturated heterocycles. The molecule has 0 aliphatic carbocycles. The van der Waals surface area contributed by atoms with Crippen LogP contribution in [0, 0.1) is 6.92 Å². The van der Waals surface area contributed by atoms with Crippen molar-refractivity contribution in [2.45, 2.75) is 19.3 Å². The molecule has 1 aromatic heterocycles. The van der Waals surface area contributed by atoms with E-state index in [-0.39, 0.29) is 17.7 Å². The van der Waals surface area contributed by atoms with Crippen molar-refractivity contribution in [3.63, 3.8) is 0 Å². The number of aryl methyl sites for hydroxylation is 1. The zero-order valence-electron chi connectivity index (χ0n) is 15.1. The van der Waals surface area contributed by atoms with Gasteiger partial charge in [-0.25, -0.2) is 0 Å². The zero-order chi connectivity index (χ0) is 19.7. The number of hydrogen-bond acceptors (Lipinski definition) is 5. The number of carbonyl (C=O) groups is 2. The Hall–Kier alpha value is -2.58. The molecule has 3 aromatic rings. The maximum atomic E-state index is 12.5. The minimum atomic E-state index is -0.251. The predicted molar refractivity (Wildman–Crippen MR) is 113 cm³/mol. The van der Waals surface area contributed by atoms with E-state index in [2.05, 4.69) is 31.4 Å². The van der Waals surface area contributed by atoms with Crippen molar-refractivity contribution in [2.24, 2.45) is 0 Å². The second-order valence-corrected chi connectivity index (χ2v) is 8.48. The molecule has 8 heteroatoms. The first-order valence-corrected chi connectivity index (χ1v) is 10.4. The molecule has 0 radical (unpaired) electrons. The van der Waals surface area contributed by atoms with Crippen LogP contribution in [-0.2, 0) is 4.79 Å². The second kappa shape index (κ2) is 7.81. The third-order valence-electron chi connectivity index (χ3n) is 4.60. The average Bonchev–Trinajstić information content (AvgIpc) is 3.29. The van der Waals surface area contributed by atoms with E-state index in [4.69, 9.17) is 0 Å². The molecule has 142 valence electrons.